The van der Waals surface area contributed by atoms with E-state index in [1.165, 1.54) is 0 Å². The maximum Gasteiger partial charge on any atom is 0.271 e. The van der Waals surface area contributed by atoms with Gasteiger partial charge >= 0.3 is 0 Å². The van der Waals surface area contributed by atoms with E-state index in [1.807, 2.05) is 54.2 Å². The minimum atomic E-state index is -0.212. The summed E-state index contributed by atoms with van der Waals surface area (Å²) in [5.41, 5.74) is 1.19. The molecule has 2 aromatic heterocycles. The number of aromatic nitrogens is 4. The Bertz CT molecular complexity index is 796. The summed E-state index contributed by atoms with van der Waals surface area (Å²) in [5, 5.41) is 11.4. The number of nitrogens with one attached hydrogen (secondary N) is 1. The zero-order valence-electron chi connectivity index (χ0n) is 14.1. The summed E-state index contributed by atoms with van der Waals surface area (Å²) < 4.78 is 9.08. The molecule has 0 aliphatic rings. The molecule has 1 N–H and O–H groups in total. The van der Waals surface area contributed by atoms with Crippen molar-refractivity contribution in [2.24, 2.45) is 0 Å². The van der Waals surface area contributed by atoms with Crippen LogP contribution in [0.4, 0.5) is 0 Å². The number of hydrogen-bond donors (Lipinski definition) is 1. The number of amides is 1. The second kappa shape index (κ2) is 8.14. The third-order valence-electron chi connectivity index (χ3n) is 3.61. The van der Waals surface area contributed by atoms with Crippen LogP contribution in [-0.4, -0.2) is 38.6 Å². The number of hydrogen-bond acceptors (Lipinski definition) is 4. The third kappa shape index (κ3) is 4.26. The van der Waals surface area contributed by atoms with Crippen LogP contribution in [0.1, 0.15) is 23.8 Å². The van der Waals surface area contributed by atoms with Gasteiger partial charge in [0.1, 0.15) is 0 Å². The van der Waals surface area contributed by atoms with Gasteiger partial charge in [-0.05, 0) is 31.5 Å². The summed E-state index contributed by atoms with van der Waals surface area (Å²) in [6.07, 6.45) is 4.44. The first-order chi connectivity index (χ1) is 12.3. The van der Waals surface area contributed by atoms with Gasteiger partial charge in [-0.25, -0.2) is 4.68 Å². The summed E-state index contributed by atoms with van der Waals surface area (Å²) >= 11 is 0. The van der Waals surface area contributed by atoms with Crippen molar-refractivity contribution in [1.82, 2.24) is 24.9 Å². The molecule has 0 saturated heterocycles. The number of rotatable bonds is 8. The predicted octanol–water partition coefficient (Wildman–Crippen LogP) is 2.29. The average Bonchev–Trinajstić information content (AvgIpc) is 3.29. The van der Waals surface area contributed by atoms with E-state index in [2.05, 4.69) is 15.5 Å². The monoisotopic (exact) mass is 339 g/mol. The topological polar surface area (TPSA) is 74.0 Å². The Hall–Kier alpha value is -3.09. The molecule has 0 spiro atoms. The maximum atomic E-state index is 12.3. The van der Waals surface area contributed by atoms with Gasteiger partial charge in [0.15, 0.2) is 5.69 Å². The molecule has 2 heterocycles. The molecule has 0 aliphatic carbocycles. The molecule has 0 aliphatic heterocycles. The van der Waals surface area contributed by atoms with Crippen LogP contribution in [0.2, 0.25) is 0 Å². The van der Waals surface area contributed by atoms with E-state index in [9.17, 15) is 4.79 Å². The van der Waals surface area contributed by atoms with Gasteiger partial charge in [-0.3, -0.25) is 9.48 Å². The Morgan fingerprint density at radius 2 is 2.08 bits per heavy atom. The highest BCUT2D eigenvalue weighted by molar-refractivity contribution is 5.92. The van der Waals surface area contributed by atoms with Gasteiger partial charge < -0.3 is 10.1 Å². The predicted molar refractivity (Wildman–Crippen MR) is 93.9 cm³/mol. The van der Waals surface area contributed by atoms with Crippen molar-refractivity contribution in [3.8, 4) is 11.6 Å². The molecule has 1 aromatic carbocycles. The minimum Gasteiger partial charge on any atom is -0.478 e. The first kappa shape index (κ1) is 16.8. The zero-order chi connectivity index (χ0) is 17.5. The van der Waals surface area contributed by atoms with E-state index < -0.39 is 0 Å². The zero-order valence-corrected chi connectivity index (χ0v) is 14.1. The summed E-state index contributed by atoms with van der Waals surface area (Å²) in [6.45, 7) is 3.72. The van der Waals surface area contributed by atoms with E-state index >= 15 is 0 Å². The lowest BCUT2D eigenvalue weighted by atomic mass is 10.3. The van der Waals surface area contributed by atoms with Crippen LogP contribution in [-0.2, 0) is 6.54 Å². The summed E-state index contributed by atoms with van der Waals surface area (Å²) in [5.74, 6) is 0.339. The Kier molecular flexibility index (Phi) is 5.46. The molecule has 7 heteroatoms. The summed E-state index contributed by atoms with van der Waals surface area (Å²) in [6, 6.07) is 13.1. The lowest BCUT2D eigenvalue weighted by Gasteiger charge is -2.06. The van der Waals surface area contributed by atoms with Crippen LogP contribution >= 0.6 is 0 Å². The number of aryl methyl sites for hydroxylation is 1. The summed E-state index contributed by atoms with van der Waals surface area (Å²) in [7, 11) is 0. The van der Waals surface area contributed by atoms with Gasteiger partial charge in [0.2, 0.25) is 5.88 Å². The van der Waals surface area contributed by atoms with E-state index in [0.717, 1.165) is 18.7 Å². The molecule has 3 aromatic rings. The molecule has 0 saturated carbocycles. The third-order valence-corrected chi connectivity index (χ3v) is 3.61. The molecule has 0 fully saturated rings. The Morgan fingerprint density at radius 3 is 2.80 bits per heavy atom. The highest BCUT2D eigenvalue weighted by Crippen LogP contribution is 2.19. The molecular weight excluding hydrogens is 318 g/mol. The highest BCUT2D eigenvalue weighted by Gasteiger charge is 2.15. The van der Waals surface area contributed by atoms with E-state index in [4.69, 9.17) is 4.74 Å². The number of carbonyl (C=O) groups is 1. The smallest absolute Gasteiger partial charge is 0.271 e. The number of nitrogens with zero attached hydrogens (tertiary/aromatic N) is 4. The van der Waals surface area contributed by atoms with Gasteiger partial charge in [0.05, 0.1) is 12.3 Å². The Balaban J connectivity index is 1.64. The van der Waals surface area contributed by atoms with Gasteiger partial charge in [0, 0.05) is 31.5 Å². The van der Waals surface area contributed by atoms with Gasteiger partial charge in [-0.1, -0.05) is 18.2 Å². The first-order valence-corrected chi connectivity index (χ1v) is 8.32. The molecular formula is C18H21N5O2. The van der Waals surface area contributed by atoms with Crippen molar-refractivity contribution >= 4 is 5.91 Å². The second-order valence-corrected chi connectivity index (χ2v) is 5.43. The standard InChI is InChI=1S/C18H21N5O2/c1-2-25-17-14-16(21-23(17)15-8-4-3-5-9-15)18(24)19-10-6-12-22-13-7-11-20-22/h3-5,7-9,11,13-14H,2,6,10,12H2,1H3,(H,19,24). The lowest BCUT2D eigenvalue weighted by molar-refractivity contribution is 0.0947. The Morgan fingerprint density at radius 1 is 1.24 bits per heavy atom. The van der Waals surface area contributed by atoms with Crippen LogP contribution in [0.5, 0.6) is 5.88 Å². The second-order valence-electron chi connectivity index (χ2n) is 5.43. The van der Waals surface area contributed by atoms with Crippen LogP contribution in [0, 0.1) is 0 Å². The fourth-order valence-corrected chi connectivity index (χ4v) is 2.45. The van der Waals surface area contributed by atoms with Crippen molar-refractivity contribution in [3.63, 3.8) is 0 Å². The fraction of sp³-hybridized carbons (Fsp3) is 0.278. The van der Waals surface area contributed by atoms with Gasteiger partial charge in [-0.2, -0.15) is 10.2 Å². The molecule has 1 amide bonds. The van der Waals surface area contributed by atoms with Crippen molar-refractivity contribution in [3.05, 3.63) is 60.6 Å². The van der Waals surface area contributed by atoms with Crippen LogP contribution < -0.4 is 10.1 Å². The molecule has 3 rings (SSSR count). The molecule has 0 unspecified atom stereocenters. The van der Waals surface area contributed by atoms with E-state index in [-0.39, 0.29) is 5.91 Å². The van der Waals surface area contributed by atoms with Crippen molar-refractivity contribution < 1.29 is 9.53 Å². The molecule has 0 bridgehead atoms. The van der Waals surface area contributed by atoms with E-state index in [0.29, 0.717) is 24.7 Å². The lowest BCUT2D eigenvalue weighted by Crippen LogP contribution is -2.25. The minimum absolute atomic E-state index is 0.212. The maximum absolute atomic E-state index is 12.3. The summed E-state index contributed by atoms with van der Waals surface area (Å²) in [4.78, 5) is 12.3. The molecule has 25 heavy (non-hydrogen) atoms. The number of ether oxygens (including phenoxy) is 1. The normalized spacial score (nSPS) is 10.6. The average molecular weight is 339 g/mol. The van der Waals surface area contributed by atoms with Crippen molar-refractivity contribution in [1.29, 1.82) is 0 Å². The van der Waals surface area contributed by atoms with Crippen LogP contribution in [0.25, 0.3) is 5.69 Å². The quantitative estimate of drug-likeness (QED) is 0.639. The van der Waals surface area contributed by atoms with E-state index in [1.54, 1.807) is 16.9 Å². The molecule has 130 valence electrons. The fourth-order valence-electron chi connectivity index (χ4n) is 2.45. The van der Waals surface area contributed by atoms with Gasteiger partial charge in [0.25, 0.3) is 5.91 Å². The number of carbonyl (C=O) groups excluding carboxylic acids is 1. The van der Waals surface area contributed by atoms with Crippen molar-refractivity contribution in [2.75, 3.05) is 13.2 Å². The highest BCUT2D eigenvalue weighted by atomic mass is 16.5. The molecule has 0 radical (unpaired) electrons. The first-order valence-electron chi connectivity index (χ1n) is 8.32. The number of benzene rings is 1. The largest absolute Gasteiger partial charge is 0.478 e. The van der Waals surface area contributed by atoms with Crippen LogP contribution in [0.3, 0.4) is 0 Å². The van der Waals surface area contributed by atoms with Crippen molar-refractivity contribution in [2.45, 2.75) is 19.9 Å². The molecule has 0 atom stereocenters. The van der Waals surface area contributed by atoms with Gasteiger partial charge in [-0.15, -0.1) is 0 Å². The Labute approximate surface area is 146 Å². The number of para-hydroxylation sites is 1. The van der Waals surface area contributed by atoms with Crippen LogP contribution in [0.15, 0.2) is 54.9 Å². The molecule has 7 nitrogen and oxygen atoms in total. The SMILES string of the molecule is CCOc1cc(C(=O)NCCCn2cccn2)nn1-c1ccccc1.